The molecule has 2 atom stereocenters. The standard InChI is InChI=1S/C8H14NO6P/c1-5-6(2)8(11)9(7(5)10)3-4-15-16(12,13)14/h5-6H,3-4H2,1-2H3,(H2,12,13,14). The molecule has 0 bridgehead atoms. The molecule has 8 heteroatoms. The van der Waals surface area contributed by atoms with E-state index >= 15 is 0 Å². The second-order valence-corrected chi connectivity index (χ2v) is 4.97. The Kier molecular flexibility index (Phi) is 3.85. The molecular weight excluding hydrogens is 237 g/mol. The Hall–Kier alpha value is -0.750. The van der Waals surface area contributed by atoms with Gasteiger partial charge in [0.25, 0.3) is 0 Å². The number of hydrogen-bond acceptors (Lipinski definition) is 4. The Labute approximate surface area is 92.6 Å². The Bertz CT molecular complexity index is 330. The lowest BCUT2D eigenvalue weighted by atomic mass is 10.00. The highest BCUT2D eigenvalue weighted by Crippen LogP contribution is 2.35. The molecule has 0 aromatic heterocycles. The van der Waals surface area contributed by atoms with Crippen LogP contribution in [0.5, 0.6) is 0 Å². The lowest BCUT2D eigenvalue weighted by Crippen LogP contribution is -2.33. The van der Waals surface area contributed by atoms with Crippen molar-refractivity contribution in [2.45, 2.75) is 13.8 Å². The van der Waals surface area contributed by atoms with Gasteiger partial charge >= 0.3 is 7.82 Å². The van der Waals surface area contributed by atoms with Crippen LogP contribution in [0, 0.1) is 11.8 Å². The highest BCUT2D eigenvalue weighted by atomic mass is 31.2. The lowest BCUT2D eigenvalue weighted by molar-refractivity contribution is -0.140. The van der Waals surface area contributed by atoms with Crippen molar-refractivity contribution in [3.63, 3.8) is 0 Å². The molecule has 1 saturated heterocycles. The van der Waals surface area contributed by atoms with Gasteiger partial charge in [0.05, 0.1) is 13.2 Å². The van der Waals surface area contributed by atoms with Crippen LogP contribution in [0.4, 0.5) is 0 Å². The highest BCUT2D eigenvalue weighted by Gasteiger charge is 2.41. The summed E-state index contributed by atoms with van der Waals surface area (Å²) < 4.78 is 14.6. The van der Waals surface area contributed by atoms with E-state index < -0.39 is 7.82 Å². The molecule has 1 rings (SSSR count). The number of carbonyl (C=O) groups is 2. The maximum atomic E-state index is 11.5. The van der Waals surface area contributed by atoms with Crippen molar-refractivity contribution in [2.75, 3.05) is 13.2 Å². The predicted molar refractivity (Wildman–Crippen MR) is 53.0 cm³/mol. The van der Waals surface area contributed by atoms with Gasteiger partial charge in [-0.1, -0.05) is 13.8 Å². The van der Waals surface area contributed by atoms with E-state index in [1.807, 2.05) is 0 Å². The molecule has 92 valence electrons. The monoisotopic (exact) mass is 251 g/mol. The molecule has 0 spiro atoms. The van der Waals surface area contributed by atoms with Crippen molar-refractivity contribution in [1.82, 2.24) is 4.90 Å². The number of nitrogens with zero attached hydrogens (tertiary/aromatic N) is 1. The van der Waals surface area contributed by atoms with Crippen LogP contribution in [0.15, 0.2) is 0 Å². The van der Waals surface area contributed by atoms with Gasteiger partial charge in [-0.3, -0.25) is 19.0 Å². The van der Waals surface area contributed by atoms with Gasteiger partial charge in [0, 0.05) is 11.8 Å². The fourth-order valence-corrected chi connectivity index (χ4v) is 1.82. The Morgan fingerprint density at radius 1 is 1.25 bits per heavy atom. The molecule has 0 saturated carbocycles. The number of phosphoric acid groups is 1. The molecule has 2 amide bonds. The van der Waals surface area contributed by atoms with Gasteiger partial charge in [0.1, 0.15) is 0 Å². The Morgan fingerprint density at radius 2 is 1.69 bits per heavy atom. The third-order valence-corrected chi connectivity index (χ3v) is 3.15. The summed E-state index contributed by atoms with van der Waals surface area (Å²) in [7, 11) is -4.54. The Balaban J connectivity index is 2.53. The molecule has 1 fully saturated rings. The maximum absolute atomic E-state index is 11.5. The molecular formula is C8H14NO6P. The van der Waals surface area contributed by atoms with Gasteiger partial charge in [0.2, 0.25) is 11.8 Å². The zero-order valence-corrected chi connectivity index (χ0v) is 9.89. The number of hydrogen-bond donors (Lipinski definition) is 2. The van der Waals surface area contributed by atoms with Crippen molar-refractivity contribution in [1.29, 1.82) is 0 Å². The van der Waals surface area contributed by atoms with Crippen molar-refractivity contribution in [2.24, 2.45) is 11.8 Å². The molecule has 0 aromatic carbocycles. The average Bonchev–Trinajstić information content (AvgIpc) is 2.33. The largest absolute Gasteiger partial charge is 0.469 e. The summed E-state index contributed by atoms with van der Waals surface area (Å²) in [5, 5.41) is 0. The molecule has 1 heterocycles. The fraction of sp³-hybridized carbons (Fsp3) is 0.750. The minimum atomic E-state index is -4.54. The second-order valence-electron chi connectivity index (χ2n) is 3.73. The molecule has 1 aliphatic heterocycles. The van der Waals surface area contributed by atoms with Crippen LogP contribution in [0.25, 0.3) is 0 Å². The molecule has 2 unspecified atom stereocenters. The van der Waals surface area contributed by atoms with Gasteiger partial charge in [-0.2, -0.15) is 0 Å². The number of carbonyl (C=O) groups excluding carboxylic acids is 2. The number of likely N-dealkylation sites (tertiary alicyclic amines) is 1. The summed E-state index contributed by atoms with van der Waals surface area (Å²) in [6, 6.07) is 0. The van der Waals surface area contributed by atoms with Crippen molar-refractivity contribution >= 4 is 19.6 Å². The van der Waals surface area contributed by atoms with Crippen molar-refractivity contribution in [3.05, 3.63) is 0 Å². The fourth-order valence-electron chi connectivity index (χ4n) is 1.50. The SMILES string of the molecule is CC1C(=O)N(CCOP(=O)(O)O)C(=O)C1C. The van der Waals surface area contributed by atoms with Crippen molar-refractivity contribution < 1.29 is 28.5 Å². The van der Waals surface area contributed by atoms with E-state index in [1.165, 1.54) is 0 Å². The molecule has 16 heavy (non-hydrogen) atoms. The zero-order valence-electron chi connectivity index (χ0n) is 8.99. The molecule has 0 aliphatic carbocycles. The quantitative estimate of drug-likeness (QED) is 0.526. The van der Waals surface area contributed by atoms with Crippen LogP contribution >= 0.6 is 7.82 Å². The van der Waals surface area contributed by atoms with Gasteiger partial charge in [-0.25, -0.2) is 4.57 Å². The molecule has 1 aliphatic rings. The molecule has 0 radical (unpaired) electrons. The van der Waals surface area contributed by atoms with E-state index in [2.05, 4.69) is 4.52 Å². The smallest absolute Gasteiger partial charge is 0.303 e. The van der Waals surface area contributed by atoms with E-state index in [1.54, 1.807) is 13.8 Å². The second kappa shape index (κ2) is 4.63. The topological polar surface area (TPSA) is 104 Å². The predicted octanol–water partition coefficient (Wildman–Crippen LogP) is -0.263. The van der Waals surface area contributed by atoms with Crippen molar-refractivity contribution in [3.8, 4) is 0 Å². The summed E-state index contributed by atoms with van der Waals surface area (Å²) in [5.41, 5.74) is 0. The third-order valence-electron chi connectivity index (χ3n) is 2.64. The summed E-state index contributed by atoms with van der Waals surface area (Å²) in [6.07, 6.45) is 0. The first-order valence-electron chi connectivity index (χ1n) is 4.79. The molecule has 7 nitrogen and oxygen atoms in total. The van der Waals surface area contributed by atoms with Crippen LogP contribution in [0.3, 0.4) is 0 Å². The molecule has 0 aromatic rings. The first-order chi connectivity index (χ1) is 7.24. The van der Waals surface area contributed by atoms with E-state index in [0.717, 1.165) is 4.90 Å². The van der Waals surface area contributed by atoms with Crippen LogP contribution in [0.1, 0.15) is 13.8 Å². The van der Waals surface area contributed by atoms with Crippen LogP contribution in [-0.2, 0) is 18.7 Å². The first kappa shape index (κ1) is 13.3. The van der Waals surface area contributed by atoms with Crippen LogP contribution in [-0.4, -0.2) is 39.7 Å². The number of amides is 2. The van der Waals surface area contributed by atoms with E-state index in [-0.39, 0.29) is 36.8 Å². The van der Waals surface area contributed by atoms with Gasteiger partial charge in [0.15, 0.2) is 0 Å². The van der Waals surface area contributed by atoms with Gasteiger partial charge < -0.3 is 9.79 Å². The Morgan fingerprint density at radius 3 is 2.06 bits per heavy atom. The van der Waals surface area contributed by atoms with E-state index in [9.17, 15) is 14.2 Å². The molecule has 2 N–H and O–H groups in total. The summed E-state index contributed by atoms with van der Waals surface area (Å²) in [4.78, 5) is 40.9. The van der Waals surface area contributed by atoms with Crippen LogP contribution in [0.2, 0.25) is 0 Å². The minimum Gasteiger partial charge on any atom is -0.303 e. The average molecular weight is 251 g/mol. The number of rotatable bonds is 4. The maximum Gasteiger partial charge on any atom is 0.469 e. The summed E-state index contributed by atoms with van der Waals surface area (Å²) >= 11 is 0. The zero-order chi connectivity index (χ0) is 12.5. The van der Waals surface area contributed by atoms with Crippen LogP contribution < -0.4 is 0 Å². The van der Waals surface area contributed by atoms with E-state index in [4.69, 9.17) is 9.79 Å². The van der Waals surface area contributed by atoms with E-state index in [0.29, 0.717) is 0 Å². The minimum absolute atomic E-state index is 0.128. The third kappa shape index (κ3) is 2.89. The highest BCUT2D eigenvalue weighted by molar-refractivity contribution is 7.46. The normalized spacial score (nSPS) is 26.6. The first-order valence-corrected chi connectivity index (χ1v) is 6.32. The number of imide groups is 1. The van der Waals surface area contributed by atoms with Gasteiger partial charge in [-0.15, -0.1) is 0 Å². The summed E-state index contributed by atoms with van der Waals surface area (Å²) in [5.74, 6) is -1.43. The summed E-state index contributed by atoms with van der Waals surface area (Å²) in [6.45, 7) is 2.81. The van der Waals surface area contributed by atoms with Gasteiger partial charge in [-0.05, 0) is 0 Å². The lowest BCUT2D eigenvalue weighted by Gasteiger charge is -2.14. The number of phosphoric ester groups is 1.